The number of benzene rings is 1. The van der Waals surface area contributed by atoms with Crippen molar-refractivity contribution in [1.29, 1.82) is 0 Å². The van der Waals surface area contributed by atoms with E-state index in [1.54, 1.807) is 7.11 Å². The molecule has 0 bridgehead atoms. The fraction of sp³-hybridized carbons (Fsp3) is 0.588. The van der Waals surface area contributed by atoms with E-state index in [9.17, 15) is 18.0 Å². The quantitative estimate of drug-likeness (QED) is 0.889. The number of methoxy groups -OCH3 is 1. The van der Waals surface area contributed by atoms with Crippen LogP contribution in [0, 0.1) is 5.41 Å². The monoisotopic (exact) mass is 358 g/mol. The van der Waals surface area contributed by atoms with Gasteiger partial charge in [-0.3, -0.25) is 4.79 Å². The number of amides is 1. The molecule has 1 N–H and O–H groups in total. The van der Waals surface area contributed by atoms with Crippen molar-refractivity contribution in [3.05, 3.63) is 29.8 Å². The Morgan fingerprint density at radius 2 is 2.20 bits per heavy atom. The van der Waals surface area contributed by atoms with E-state index in [0.29, 0.717) is 25.3 Å². The first-order valence-corrected chi connectivity index (χ1v) is 8.15. The number of halogens is 3. The van der Waals surface area contributed by atoms with Crippen LogP contribution in [0.15, 0.2) is 24.3 Å². The van der Waals surface area contributed by atoms with Crippen LogP contribution in [0.25, 0.3) is 0 Å². The molecule has 1 atom stereocenters. The third kappa shape index (κ3) is 3.74. The van der Waals surface area contributed by atoms with Gasteiger partial charge in [0, 0.05) is 19.6 Å². The lowest BCUT2D eigenvalue weighted by Gasteiger charge is -2.46. The summed E-state index contributed by atoms with van der Waals surface area (Å²) in [5.74, 6) is 0.447. The second-order valence-electron chi connectivity index (χ2n) is 6.56. The predicted molar refractivity (Wildman–Crippen MR) is 84.4 cm³/mol. The summed E-state index contributed by atoms with van der Waals surface area (Å²) in [6.45, 7) is 0.556. The number of nitrogens with zero attached hydrogens (tertiary/aromatic N) is 1. The highest BCUT2D eigenvalue weighted by Gasteiger charge is 2.50. The average Bonchev–Trinajstić information content (AvgIpc) is 2.57. The maximum absolute atomic E-state index is 13.0. The molecule has 1 unspecified atom stereocenters. The first-order valence-electron chi connectivity index (χ1n) is 8.15. The number of morpholine rings is 1. The van der Waals surface area contributed by atoms with Gasteiger partial charge in [0.05, 0.1) is 25.7 Å². The minimum Gasteiger partial charge on any atom is -0.497 e. The Labute approximate surface area is 144 Å². The van der Waals surface area contributed by atoms with Crippen molar-refractivity contribution in [2.75, 3.05) is 39.9 Å². The molecule has 2 aliphatic heterocycles. The molecule has 0 spiro atoms. The van der Waals surface area contributed by atoms with Crippen LogP contribution in [0.5, 0.6) is 5.75 Å². The van der Waals surface area contributed by atoms with Crippen LogP contribution in [-0.4, -0.2) is 63.0 Å². The fourth-order valence-electron chi connectivity index (χ4n) is 3.32. The van der Waals surface area contributed by atoms with Crippen molar-refractivity contribution in [2.24, 2.45) is 5.41 Å². The van der Waals surface area contributed by atoms with Gasteiger partial charge in [0.2, 0.25) is 5.91 Å². The molecule has 1 amide bonds. The summed E-state index contributed by atoms with van der Waals surface area (Å²) < 4.78 is 48.7. The lowest BCUT2D eigenvalue weighted by atomic mass is 9.75. The number of ether oxygens (including phenoxy) is 2. The van der Waals surface area contributed by atoms with Crippen molar-refractivity contribution in [2.45, 2.75) is 18.7 Å². The zero-order valence-electron chi connectivity index (χ0n) is 13.9. The second-order valence-corrected chi connectivity index (χ2v) is 6.56. The predicted octanol–water partition coefficient (Wildman–Crippen LogP) is 1.62. The molecule has 8 heteroatoms. The number of hydrogen-bond acceptors (Lipinski definition) is 4. The molecule has 2 heterocycles. The van der Waals surface area contributed by atoms with E-state index in [1.165, 1.54) is 4.90 Å². The zero-order valence-corrected chi connectivity index (χ0v) is 13.9. The lowest BCUT2D eigenvalue weighted by Crippen LogP contribution is -2.65. The molecule has 138 valence electrons. The van der Waals surface area contributed by atoms with Gasteiger partial charge in [0.1, 0.15) is 5.75 Å². The van der Waals surface area contributed by atoms with E-state index in [1.807, 2.05) is 24.3 Å². The number of carbonyl (C=O) groups excluding carboxylic acids is 1. The van der Waals surface area contributed by atoms with Gasteiger partial charge in [0.25, 0.3) is 0 Å². The maximum Gasteiger partial charge on any atom is 0.416 e. The molecular weight excluding hydrogens is 337 g/mol. The van der Waals surface area contributed by atoms with Crippen LogP contribution in [0.3, 0.4) is 0 Å². The van der Waals surface area contributed by atoms with E-state index >= 15 is 0 Å². The molecule has 0 aromatic heterocycles. The summed E-state index contributed by atoms with van der Waals surface area (Å²) in [6, 6.07) is 7.40. The van der Waals surface area contributed by atoms with Gasteiger partial charge in [-0.05, 0) is 24.1 Å². The Morgan fingerprint density at radius 3 is 2.80 bits per heavy atom. The Bertz CT molecular complexity index is 632. The number of alkyl halides is 3. The molecule has 25 heavy (non-hydrogen) atoms. The Morgan fingerprint density at radius 1 is 1.44 bits per heavy atom. The van der Waals surface area contributed by atoms with E-state index in [0.717, 1.165) is 5.56 Å². The molecule has 2 fully saturated rings. The summed E-state index contributed by atoms with van der Waals surface area (Å²) in [5, 5.41) is 3.08. The van der Waals surface area contributed by atoms with Crippen LogP contribution < -0.4 is 10.1 Å². The Hall–Kier alpha value is -1.80. The van der Waals surface area contributed by atoms with Crippen molar-refractivity contribution >= 4 is 5.91 Å². The molecule has 1 aromatic carbocycles. The molecule has 0 aliphatic carbocycles. The average molecular weight is 358 g/mol. The minimum absolute atomic E-state index is 0.0986. The van der Waals surface area contributed by atoms with E-state index in [-0.39, 0.29) is 19.1 Å². The van der Waals surface area contributed by atoms with Gasteiger partial charge in [-0.2, -0.15) is 13.2 Å². The van der Waals surface area contributed by atoms with Gasteiger partial charge < -0.3 is 19.7 Å². The summed E-state index contributed by atoms with van der Waals surface area (Å²) in [7, 11) is 1.57. The van der Waals surface area contributed by atoms with Crippen LogP contribution in [-0.2, 0) is 16.0 Å². The van der Waals surface area contributed by atoms with E-state index in [4.69, 9.17) is 9.47 Å². The third-order valence-electron chi connectivity index (χ3n) is 4.78. The van der Waals surface area contributed by atoms with Gasteiger partial charge >= 0.3 is 6.18 Å². The number of carbonyl (C=O) groups is 1. The summed E-state index contributed by atoms with van der Waals surface area (Å²) in [5.41, 5.74) is 0.217. The van der Waals surface area contributed by atoms with E-state index in [2.05, 4.69) is 5.32 Å². The van der Waals surface area contributed by atoms with Gasteiger partial charge in [-0.1, -0.05) is 12.1 Å². The summed E-state index contributed by atoms with van der Waals surface area (Å²) in [6.07, 6.45) is -5.91. The Kier molecular flexibility index (Phi) is 4.92. The number of hydrogen-bond donors (Lipinski definition) is 1. The Balaban J connectivity index is 1.74. The van der Waals surface area contributed by atoms with Gasteiger partial charge in [0.15, 0.2) is 6.10 Å². The van der Waals surface area contributed by atoms with Crippen LogP contribution in [0.4, 0.5) is 13.2 Å². The zero-order chi connectivity index (χ0) is 18.1. The van der Waals surface area contributed by atoms with Crippen LogP contribution >= 0.6 is 0 Å². The second kappa shape index (κ2) is 6.84. The molecular formula is C17H21F3N2O3. The third-order valence-corrected chi connectivity index (χ3v) is 4.78. The molecule has 0 radical (unpaired) electrons. The SMILES string of the molecule is COc1cccc(CC2(C(=O)N3CCOC(C(F)(F)F)C3)CNC2)c1. The van der Waals surface area contributed by atoms with Gasteiger partial charge in [-0.15, -0.1) is 0 Å². The van der Waals surface area contributed by atoms with Crippen molar-refractivity contribution < 1.29 is 27.4 Å². The van der Waals surface area contributed by atoms with Crippen LogP contribution in [0.2, 0.25) is 0 Å². The van der Waals surface area contributed by atoms with Crippen molar-refractivity contribution in [3.8, 4) is 5.75 Å². The largest absolute Gasteiger partial charge is 0.497 e. The first-order chi connectivity index (χ1) is 11.8. The number of nitrogens with one attached hydrogen (secondary N) is 1. The molecule has 2 saturated heterocycles. The first kappa shape index (κ1) is 18.0. The van der Waals surface area contributed by atoms with Gasteiger partial charge in [-0.25, -0.2) is 0 Å². The molecule has 1 aromatic rings. The maximum atomic E-state index is 13.0. The molecule has 5 nitrogen and oxygen atoms in total. The minimum atomic E-state index is -4.46. The molecule has 3 rings (SSSR count). The fourth-order valence-corrected chi connectivity index (χ4v) is 3.32. The van der Waals surface area contributed by atoms with Crippen LogP contribution in [0.1, 0.15) is 5.56 Å². The standard InChI is InChI=1S/C17H21F3N2O3/c1-24-13-4-2-3-12(7-13)8-16(10-21-11-16)15(23)22-5-6-25-14(9-22)17(18,19)20/h2-4,7,14,21H,5-6,8-11H2,1H3. The normalized spacial score (nSPS) is 23.0. The smallest absolute Gasteiger partial charge is 0.416 e. The summed E-state index contributed by atoms with van der Waals surface area (Å²) in [4.78, 5) is 14.3. The lowest BCUT2D eigenvalue weighted by molar-refractivity contribution is -0.237. The highest BCUT2D eigenvalue weighted by atomic mass is 19.4. The van der Waals surface area contributed by atoms with Crippen molar-refractivity contribution in [1.82, 2.24) is 10.2 Å². The molecule has 0 saturated carbocycles. The topological polar surface area (TPSA) is 50.8 Å². The van der Waals surface area contributed by atoms with Crippen molar-refractivity contribution in [3.63, 3.8) is 0 Å². The summed E-state index contributed by atoms with van der Waals surface area (Å²) >= 11 is 0. The highest BCUT2D eigenvalue weighted by Crippen LogP contribution is 2.33. The number of rotatable bonds is 4. The molecule has 2 aliphatic rings. The van der Waals surface area contributed by atoms with E-state index < -0.39 is 24.2 Å². The highest BCUT2D eigenvalue weighted by molar-refractivity contribution is 5.85.